The van der Waals surface area contributed by atoms with Crippen molar-refractivity contribution in [2.45, 2.75) is 38.6 Å². The maximum absolute atomic E-state index is 13.9. The predicted molar refractivity (Wildman–Crippen MR) is 119 cm³/mol. The fourth-order valence-corrected chi connectivity index (χ4v) is 4.73. The molecule has 1 aliphatic rings. The van der Waals surface area contributed by atoms with Crippen LogP contribution in [-0.2, 0) is 6.54 Å². The van der Waals surface area contributed by atoms with Crippen LogP contribution in [0.5, 0.6) is 0 Å². The molecule has 0 amide bonds. The number of rotatable bonds is 6. The number of imidazole rings is 2. The van der Waals surface area contributed by atoms with Crippen LogP contribution in [0.2, 0.25) is 0 Å². The average Bonchev–Trinajstić information content (AvgIpc) is 3.36. The smallest absolute Gasteiger partial charge is 0.143 e. The lowest BCUT2D eigenvalue weighted by Gasteiger charge is -2.28. The largest absolute Gasteiger partial charge is 0.345 e. The number of fused-ring (bicyclic) bond motifs is 2. The van der Waals surface area contributed by atoms with Gasteiger partial charge in [-0.25, -0.2) is 14.4 Å². The van der Waals surface area contributed by atoms with Gasteiger partial charge >= 0.3 is 0 Å². The second kappa shape index (κ2) is 8.19. The van der Waals surface area contributed by atoms with Gasteiger partial charge in [-0.05, 0) is 69.6 Å². The Morgan fingerprint density at radius 2 is 2.00 bits per heavy atom. The van der Waals surface area contributed by atoms with Crippen molar-refractivity contribution in [3.63, 3.8) is 0 Å². The maximum Gasteiger partial charge on any atom is 0.143 e. The Hall–Kier alpha value is -2.73. The van der Waals surface area contributed by atoms with Crippen molar-refractivity contribution >= 4 is 22.1 Å². The van der Waals surface area contributed by atoms with Gasteiger partial charge in [0, 0.05) is 18.2 Å². The Morgan fingerprint density at radius 3 is 2.87 bits per heavy atom. The lowest BCUT2D eigenvalue weighted by atomic mass is 9.92. The Balaban J connectivity index is 1.40. The molecule has 3 heterocycles. The van der Waals surface area contributed by atoms with Gasteiger partial charge < -0.3 is 14.5 Å². The van der Waals surface area contributed by atoms with Gasteiger partial charge in [0.05, 0.1) is 28.4 Å². The summed E-state index contributed by atoms with van der Waals surface area (Å²) in [6, 6.07) is 11.0. The van der Waals surface area contributed by atoms with Crippen LogP contribution in [0.15, 0.2) is 42.7 Å². The Labute approximate surface area is 175 Å². The Kier molecular flexibility index (Phi) is 5.25. The zero-order valence-electron chi connectivity index (χ0n) is 17.4. The van der Waals surface area contributed by atoms with Crippen molar-refractivity contribution < 1.29 is 4.39 Å². The number of aryl methyl sites for hydroxylation is 1. The van der Waals surface area contributed by atoms with E-state index >= 15 is 0 Å². The van der Waals surface area contributed by atoms with E-state index in [-0.39, 0.29) is 5.82 Å². The van der Waals surface area contributed by atoms with E-state index < -0.39 is 0 Å². The quantitative estimate of drug-likeness (QED) is 0.447. The summed E-state index contributed by atoms with van der Waals surface area (Å²) >= 11 is 0. The molecule has 30 heavy (non-hydrogen) atoms. The van der Waals surface area contributed by atoms with Crippen molar-refractivity contribution in [2.75, 3.05) is 20.1 Å². The number of benzene rings is 2. The van der Waals surface area contributed by atoms with Gasteiger partial charge in [-0.15, -0.1) is 0 Å². The van der Waals surface area contributed by atoms with E-state index in [1.807, 2.05) is 18.2 Å². The summed E-state index contributed by atoms with van der Waals surface area (Å²) in [5, 5.41) is 0. The van der Waals surface area contributed by atoms with Crippen molar-refractivity contribution in [3.05, 3.63) is 48.5 Å². The first kappa shape index (κ1) is 19.2. The molecular formula is C24H28FN5. The number of para-hydroxylation sites is 1. The first-order valence-electron chi connectivity index (χ1n) is 11.0. The molecule has 0 spiro atoms. The third kappa shape index (κ3) is 3.72. The average molecular weight is 406 g/mol. The Morgan fingerprint density at radius 1 is 1.13 bits per heavy atom. The molecule has 1 N–H and O–H groups in total. The summed E-state index contributed by atoms with van der Waals surface area (Å²) in [4.78, 5) is 14.9. The topological polar surface area (TPSA) is 49.7 Å². The molecule has 0 saturated carbocycles. The molecule has 0 bridgehead atoms. The van der Waals surface area contributed by atoms with E-state index in [4.69, 9.17) is 4.98 Å². The number of aromatic nitrogens is 4. The summed E-state index contributed by atoms with van der Waals surface area (Å²) in [6.45, 7) is 3.32. The van der Waals surface area contributed by atoms with Gasteiger partial charge in [-0.2, -0.15) is 0 Å². The van der Waals surface area contributed by atoms with E-state index in [0.29, 0.717) is 5.52 Å². The van der Waals surface area contributed by atoms with E-state index in [9.17, 15) is 4.39 Å². The molecule has 156 valence electrons. The first-order valence-corrected chi connectivity index (χ1v) is 11.0. The van der Waals surface area contributed by atoms with Crippen LogP contribution < -0.4 is 0 Å². The third-order valence-electron chi connectivity index (χ3n) is 6.48. The number of nitrogens with zero attached hydrogens (tertiary/aromatic N) is 4. The van der Waals surface area contributed by atoms with Crippen LogP contribution >= 0.6 is 0 Å². The van der Waals surface area contributed by atoms with E-state index in [1.165, 1.54) is 50.9 Å². The van der Waals surface area contributed by atoms with Crippen LogP contribution in [0.1, 0.15) is 32.1 Å². The van der Waals surface area contributed by atoms with Crippen LogP contribution in [0.4, 0.5) is 4.39 Å². The van der Waals surface area contributed by atoms with Gasteiger partial charge in [-0.3, -0.25) is 0 Å². The molecule has 0 atom stereocenters. The van der Waals surface area contributed by atoms with Crippen molar-refractivity contribution in [1.82, 2.24) is 24.4 Å². The van der Waals surface area contributed by atoms with Gasteiger partial charge in [0.15, 0.2) is 0 Å². The number of unbranched alkanes of at least 4 members (excludes halogenated alkanes) is 1. The van der Waals surface area contributed by atoms with Crippen molar-refractivity contribution in [1.29, 1.82) is 0 Å². The van der Waals surface area contributed by atoms with Gasteiger partial charge in [0.25, 0.3) is 0 Å². The highest BCUT2D eigenvalue weighted by Crippen LogP contribution is 2.30. The summed E-state index contributed by atoms with van der Waals surface area (Å²) < 4.78 is 16.1. The molecule has 1 aliphatic heterocycles. The van der Waals surface area contributed by atoms with Crippen LogP contribution in [0, 0.1) is 11.7 Å². The monoisotopic (exact) mass is 405 g/mol. The number of nitrogens with one attached hydrogen (secondary N) is 1. The molecule has 6 heteroatoms. The molecule has 2 aromatic heterocycles. The first-order chi connectivity index (χ1) is 14.7. The molecule has 0 aliphatic carbocycles. The number of hydrogen-bond acceptors (Lipinski definition) is 3. The fraction of sp³-hybridized carbons (Fsp3) is 0.417. The van der Waals surface area contributed by atoms with Crippen molar-refractivity contribution in [3.8, 4) is 11.4 Å². The molecule has 0 radical (unpaired) electrons. The number of piperidine rings is 1. The molecule has 5 nitrogen and oxygen atoms in total. The molecule has 1 fully saturated rings. The number of halogens is 1. The van der Waals surface area contributed by atoms with Crippen LogP contribution in [0.25, 0.3) is 33.5 Å². The number of H-pyrrole nitrogens is 1. The maximum atomic E-state index is 13.9. The highest BCUT2D eigenvalue weighted by atomic mass is 19.1. The van der Waals surface area contributed by atoms with E-state index in [2.05, 4.69) is 32.5 Å². The van der Waals surface area contributed by atoms with Gasteiger partial charge in [0.2, 0.25) is 0 Å². The van der Waals surface area contributed by atoms with E-state index in [1.54, 1.807) is 6.33 Å². The standard InChI is InChI=1S/C24H28FN5/c1-29-13-10-17(11-14-29)5-2-3-12-30-22-9-8-18(25)15-21(22)28-24(30)19-6-4-7-20-23(19)27-16-26-20/h4,6-9,15-17H,2-3,5,10-14H2,1H3,(H,26,27). The minimum absolute atomic E-state index is 0.251. The number of likely N-dealkylation sites (tertiary alicyclic amines) is 1. The fourth-order valence-electron chi connectivity index (χ4n) is 4.73. The number of aromatic amines is 1. The lowest BCUT2D eigenvalue weighted by molar-refractivity contribution is 0.209. The SMILES string of the molecule is CN1CCC(CCCCn2c(-c3cccc4[nH]cnc34)nc3cc(F)ccc32)CC1. The second-order valence-electron chi connectivity index (χ2n) is 8.57. The molecule has 0 unspecified atom stereocenters. The molecule has 2 aromatic carbocycles. The third-order valence-corrected chi connectivity index (χ3v) is 6.48. The molecular weight excluding hydrogens is 377 g/mol. The minimum atomic E-state index is -0.251. The summed E-state index contributed by atoms with van der Waals surface area (Å²) in [6.07, 6.45) is 7.94. The lowest BCUT2D eigenvalue weighted by Crippen LogP contribution is -2.30. The molecule has 1 saturated heterocycles. The zero-order chi connectivity index (χ0) is 20.5. The predicted octanol–water partition coefficient (Wildman–Crippen LogP) is 5.23. The second-order valence-corrected chi connectivity index (χ2v) is 8.57. The van der Waals surface area contributed by atoms with Gasteiger partial charge in [0.1, 0.15) is 11.6 Å². The molecule has 4 aromatic rings. The molecule has 5 rings (SSSR count). The van der Waals surface area contributed by atoms with Crippen LogP contribution in [0.3, 0.4) is 0 Å². The van der Waals surface area contributed by atoms with Crippen LogP contribution in [-0.4, -0.2) is 44.6 Å². The minimum Gasteiger partial charge on any atom is -0.345 e. The summed E-state index contributed by atoms with van der Waals surface area (Å²) in [5.74, 6) is 1.47. The van der Waals surface area contributed by atoms with E-state index in [0.717, 1.165) is 46.8 Å². The highest BCUT2D eigenvalue weighted by molar-refractivity contribution is 5.92. The normalized spacial score (nSPS) is 16.1. The Bertz CT molecular complexity index is 1150. The number of hydrogen-bond donors (Lipinski definition) is 1. The van der Waals surface area contributed by atoms with Crippen molar-refractivity contribution in [2.24, 2.45) is 5.92 Å². The summed E-state index contributed by atoms with van der Waals surface area (Å²) in [5.41, 5.74) is 4.56. The summed E-state index contributed by atoms with van der Waals surface area (Å²) in [7, 11) is 2.21. The zero-order valence-corrected chi connectivity index (χ0v) is 17.4. The highest BCUT2D eigenvalue weighted by Gasteiger charge is 2.18. The van der Waals surface area contributed by atoms with Gasteiger partial charge in [-0.1, -0.05) is 18.9 Å².